The van der Waals surface area contributed by atoms with Crippen LogP contribution in [0.2, 0.25) is 0 Å². The number of amides is 2. The summed E-state index contributed by atoms with van der Waals surface area (Å²) in [5.41, 5.74) is 1.87. The normalized spacial score (nSPS) is 16.2. The van der Waals surface area contributed by atoms with E-state index in [2.05, 4.69) is 31.7 Å². The van der Waals surface area contributed by atoms with Crippen molar-refractivity contribution in [1.82, 2.24) is 19.9 Å². The highest BCUT2D eigenvalue weighted by molar-refractivity contribution is 5.93. The van der Waals surface area contributed by atoms with Gasteiger partial charge >= 0.3 is 0 Å². The third-order valence-electron chi connectivity index (χ3n) is 5.49. The summed E-state index contributed by atoms with van der Waals surface area (Å²) in [6.45, 7) is 2.53. The van der Waals surface area contributed by atoms with Gasteiger partial charge in [-0.15, -0.1) is 0 Å². The molecule has 0 aliphatic heterocycles. The van der Waals surface area contributed by atoms with E-state index in [1.54, 1.807) is 37.3 Å². The highest BCUT2D eigenvalue weighted by atomic mass is 16.2. The first kappa shape index (κ1) is 20.7. The number of anilines is 2. The molecule has 2 aromatic heterocycles. The van der Waals surface area contributed by atoms with Crippen LogP contribution in [0.15, 0.2) is 24.7 Å². The zero-order valence-electron chi connectivity index (χ0n) is 17.6. The molecule has 160 valence electrons. The van der Waals surface area contributed by atoms with Gasteiger partial charge in [0.05, 0.1) is 23.8 Å². The van der Waals surface area contributed by atoms with Gasteiger partial charge < -0.3 is 15.5 Å². The number of nitriles is 1. The summed E-state index contributed by atoms with van der Waals surface area (Å²) in [6.07, 6.45) is 8.78. The molecule has 0 bridgehead atoms. The summed E-state index contributed by atoms with van der Waals surface area (Å²) in [5.74, 6) is 1.04. The van der Waals surface area contributed by atoms with Crippen molar-refractivity contribution < 1.29 is 9.59 Å². The van der Waals surface area contributed by atoms with E-state index in [0.717, 1.165) is 19.4 Å². The largest absolute Gasteiger partial charge is 0.372 e. The number of nitrogens with zero attached hydrogens (tertiary/aromatic N) is 5. The average molecular weight is 419 g/mol. The average Bonchev–Trinajstić information content (AvgIpc) is 3.68. The van der Waals surface area contributed by atoms with Crippen LogP contribution in [-0.2, 0) is 9.59 Å². The third kappa shape index (κ3) is 5.15. The molecule has 0 radical (unpaired) electrons. The molecule has 9 heteroatoms. The number of hydrogen-bond donors (Lipinski definition) is 2. The van der Waals surface area contributed by atoms with Crippen LogP contribution in [0.5, 0.6) is 0 Å². The van der Waals surface area contributed by atoms with Gasteiger partial charge in [0.25, 0.3) is 0 Å². The Bertz CT molecular complexity index is 1020. The second kappa shape index (κ2) is 8.68. The van der Waals surface area contributed by atoms with Gasteiger partial charge in [0, 0.05) is 31.3 Å². The Kier molecular flexibility index (Phi) is 5.80. The minimum absolute atomic E-state index is 0.0288. The minimum Gasteiger partial charge on any atom is -0.372 e. The molecule has 0 aromatic carbocycles. The quantitative estimate of drug-likeness (QED) is 0.673. The second-order valence-electron chi connectivity index (χ2n) is 8.31. The van der Waals surface area contributed by atoms with Crippen LogP contribution in [0.1, 0.15) is 38.3 Å². The van der Waals surface area contributed by atoms with Gasteiger partial charge in [-0.2, -0.15) is 5.26 Å². The Balaban J connectivity index is 1.47. The van der Waals surface area contributed by atoms with Crippen molar-refractivity contribution in [3.63, 3.8) is 0 Å². The molecule has 2 saturated carbocycles. The van der Waals surface area contributed by atoms with Gasteiger partial charge in [-0.05, 0) is 44.6 Å². The number of carbonyl (C=O) groups excluding carboxylic acids is 2. The maximum atomic E-state index is 12.6. The van der Waals surface area contributed by atoms with Crippen LogP contribution in [0.4, 0.5) is 11.5 Å². The van der Waals surface area contributed by atoms with Gasteiger partial charge in [-0.3, -0.25) is 14.6 Å². The molecule has 0 saturated heterocycles. The molecule has 2 N–H and O–H groups in total. The lowest BCUT2D eigenvalue weighted by molar-refractivity contribution is -0.130. The van der Waals surface area contributed by atoms with E-state index in [-0.39, 0.29) is 23.4 Å². The topological polar surface area (TPSA) is 124 Å². The van der Waals surface area contributed by atoms with Crippen LogP contribution in [-0.4, -0.2) is 51.3 Å². The molecule has 2 fully saturated rings. The van der Waals surface area contributed by atoms with Gasteiger partial charge in [0.2, 0.25) is 11.8 Å². The molecule has 2 aliphatic carbocycles. The number of hydrogen-bond acceptors (Lipinski definition) is 7. The van der Waals surface area contributed by atoms with E-state index in [0.29, 0.717) is 28.7 Å². The van der Waals surface area contributed by atoms with E-state index in [1.807, 2.05) is 0 Å². The van der Waals surface area contributed by atoms with Crippen LogP contribution >= 0.6 is 0 Å². The van der Waals surface area contributed by atoms with Crippen LogP contribution < -0.4 is 10.6 Å². The maximum absolute atomic E-state index is 12.6. The second-order valence-corrected chi connectivity index (χ2v) is 8.31. The fraction of sp³-hybridized carbons (Fsp3) is 0.455. The molecule has 1 atom stereocenters. The molecular weight excluding hydrogens is 394 g/mol. The molecule has 2 aliphatic rings. The van der Waals surface area contributed by atoms with Crippen LogP contribution in [0.3, 0.4) is 0 Å². The van der Waals surface area contributed by atoms with E-state index >= 15 is 0 Å². The van der Waals surface area contributed by atoms with E-state index in [4.69, 9.17) is 0 Å². The Morgan fingerprint density at radius 3 is 2.58 bits per heavy atom. The van der Waals surface area contributed by atoms with Gasteiger partial charge in [0.15, 0.2) is 11.5 Å². The zero-order valence-corrected chi connectivity index (χ0v) is 17.6. The van der Waals surface area contributed by atoms with Crippen molar-refractivity contribution in [1.29, 1.82) is 5.26 Å². The fourth-order valence-electron chi connectivity index (χ4n) is 3.32. The van der Waals surface area contributed by atoms with Crippen molar-refractivity contribution >= 4 is 23.3 Å². The van der Waals surface area contributed by atoms with Crippen molar-refractivity contribution in [3.05, 3.63) is 30.4 Å². The number of carbonyl (C=O) groups is 2. The first-order valence-electron chi connectivity index (χ1n) is 10.5. The molecule has 2 aromatic rings. The van der Waals surface area contributed by atoms with Crippen LogP contribution in [0.25, 0.3) is 11.3 Å². The first-order chi connectivity index (χ1) is 14.9. The molecule has 31 heavy (non-hydrogen) atoms. The first-order valence-corrected chi connectivity index (χ1v) is 10.5. The third-order valence-corrected chi connectivity index (χ3v) is 5.49. The number of pyridine rings is 1. The number of rotatable bonds is 8. The molecule has 0 spiro atoms. The monoisotopic (exact) mass is 419 g/mol. The predicted molar refractivity (Wildman–Crippen MR) is 115 cm³/mol. The predicted octanol–water partition coefficient (Wildman–Crippen LogP) is 2.43. The lowest BCUT2D eigenvalue weighted by Gasteiger charge is -2.23. The number of aromatic nitrogens is 3. The van der Waals surface area contributed by atoms with Gasteiger partial charge in [-0.25, -0.2) is 9.97 Å². The van der Waals surface area contributed by atoms with Gasteiger partial charge in [-0.1, -0.05) is 0 Å². The SMILES string of the molecule is CC(Nc1cc(-c2cnc(NC(=O)C3CC3)cn2)cnc1C#N)C(=O)N(C)CC1CC1. The van der Waals surface area contributed by atoms with Gasteiger partial charge in [0.1, 0.15) is 12.1 Å². The van der Waals surface area contributed by atoms with Crippen molar-refractivity contribution in [2.24, 2.45) is 11.8 Å². The summed E-state index contributed by atoms with van der Waals surface area (Å²) in [7, 11) is 1.80. The molecule has 1 unspecified atom stereocenters. The maximum Gasteiger partial charge on any atom is 0.244 e. The molecule has 9 nitrogen and oxygen atoms in total. The number of nitrogens with one attached hydrogen (secondary N) is 2. The fourth-order valence-corrected chi connectivity index (χ4v) is 3.32. The summed E-state index contributed by atoms with van der Waals surface area (Å²) >= 11 is 0. The molecule has 4 rings (SSSR count). The lowest BCUT2D eigenvalue weighted by Crippen LogP contribution is -2.40. The minimum atomic E-state index is -0.501. The van der Waals surface area contributed by atoms with Crippen molar-refractivity contribution in [3.8, 4) is 17.3 Å². The summed E-state index contributed by atoms with van der Waals surface area (Å²) in [6, 6.07) is 3.29. The Morgan fingerprint density at radius 2 is 1.97 bits per heavy atom. The highest BCUT2D eigenvalue weighted by Gasteiger charge is 2.30. The summed E-state index contributed by atoms with van der Waals surface area (Å²) < 4.78 is 0. The lowest BCUT2D eigenvalue weighted by atomic mass is 10.1. The number of likely N-dealkylation sites (N-methyl/N-ethyl adjacent to an activating group) is 1. The Labute approximate surface area is 180 Å². The molecule has 2 heterocycles. The Hall–Kier alpha value is -3.54. The zero-order chi connectivity index (χ0) is 22.0. The van der Waals surface area contributed by atoms with Crippen molar-refractivity contribution in [2.45, 2.75) is 38.6 Å². The molecular formula is C22H25N7O2. The van der Waals surface area contributed by atoms with Crippen molar-refractivity contribution in [2.75, 3.05) is 24.2 Å². The summed E-state index contributed by atoms with van der Waals surface area (Å²) in [4.78, 5) is 39.1. The highest BCUT2D eigenvalue weighted by Crippen LogP contribution is 2.30. The molecule has 2 amide bonds. The standard InChI is InChI=1S/C22H25N7O2/c1-13(22(31)29(2)12-14-3-4-14)27-17-7-16(9-24-18(17)8-23)19-10-26-20(11-25-19)28-21(30)15-5-6-15/h7,9-11,13-15,27H,3-6,12H2,1-2H3,(H,26,28,30). The Morgan fingerprint density at radius 1 is 1.19 bits per heavy atom. The van der Waals surface area contributed by atoms with E-state index < -0.39 is 6.04 Å². The smallest absolute Gasteiger partial charge is 0.244 e. The van der Waals surface area contributed by atoms with Crippen LogP contribution in [0, 0.1) is 23.2 Å². The summed E-state index contributed by atoms with van der Waals surface area (Å²) in [5, 5.41) is 15.3. The van der Waals surface area contributed by atoms with E-state index in [9.17, 15) is 14.9 Å². The van der Waals surface area contributed by atoms with E-state index in [1.165, 1.54) is 19.0 Å².